The van der Waals surface area contributed by atoms with Crippen molar-refractivity contribution in [2.24, 2.45) is 28.6 Å². The first kappa shape index (κ1) is 21.5. The van der Waals surface area contributed by atoms with Crippen LogP contribution in [-0.2, 0) is 20.4 Å². The SMILES string of the molecule is CCCCCS(=O)[C@@]1(Cl)CCC2C3CCC4=CC(=O)C=C[C@]4(C)C3C(=O)C[C@@]21C. The van der Waals surface area contributed by atoms with Gasteiger partial charge in [-0.15, -0.1) is 11.6 Å². The lowest BCUT2D eigenvalue weighted by Crippen LogP contribution is -2.57. The van der Waals surface area contributed by atoms with Gasteiger partial charge in [0.25, 0.3) is 0 Å². The maximum Gasteiger partial charge on any atom is 0.178 e. The Morgan fingerprint density at radius 1 is 1.21 bits per heavy atom. The molecule has 4 aliphatic rings. The van der Waals surface area contributed by atoms with Crippen LogP contribution < -0.4 is 0 Å². The average molecular weight is 437 g/mol. The molecule has 0 aliphatic heterocycles. The Hall–Kier alpha value is -0.740. The van der Waals surface area contributed by atoms with Crippen molar-refractivity contribution >= 4 is 34.0 Å². The maximum atomic E-state index is 13.6. The van der Waals surface area contributed by atoms with Gasteiger partial charge >= 0.3 is 0 Å². The number of allylic oxidation sites excluding steroid dienone is 4. The van der Waals surface area contributed by atoms with Gasteiger partial charge in [-0.05, 0) is 56.1 Å². The fraction of sp³-hybridized carbons (Fsp3) is 0.750. The van der Waals surface area contributed by atoms with Crippen LogP contribution in [0.15, 0.2) is 23.8 Å². The zero-order valence-corrected chi connectivity index (χ0v) is 19.4. The van der Waals surface area contributed by atoms with Crippen molar-refractivity contribution in [2.45, 2.75) is 76.3 Å². The van der Waals surface area contributed by atoms with Gasteiger partial charge in [-0.25, -0.2) is 0 Å². The van der Waals surface area contributed by atoms with E-state index in [1.54, 1.807) is 12.2 Å². The van der Waals surface area contributed by atoms with Crippen molar-refractivity contribution < 1.29 is 13.8 Å². The van der Waals surface area contributed by atoms with E-state index in [1.807, 2.05) is 6.08 Å². The van der Waals surface area contributed by atoms with E-state index in [0.29, 0.717) is 18.1 Å². The van der Waals surface area contributed by atoms with Crippen LogP contribution in [0.25, 0.3) is 0 Å². The first-order valence-electron chi connectivity index (χ1n) is 11.2. The quantitative estimate of drug-likeness (QED) is 0.431. The molecular weight excluding hydrogens is 404 g/mol. The number of Topliss-reactive ketones (excluding diaryl/α,β-unsaturated/α-hetero) is 1. The molecule has 3 fully saturated rings. The summed E-state index contributed by atoms with van der Waals surface area (Å²) in [7, 11) is -1.13. The first-order valence-corrected chi connectivity index (χ1v) is 12.9. The molecule has 0 spiro atoms. The van der Waals surface area contributed by atoms with Gasteiger partial charge in [0, 0.05) is 39.7 Å². The van der Waals surface area contributed by atoms with Crippen LogP contribution in [0.5, 0.6) is 0 Å². The molecule has 29 heavy (non-hydrogen) atoms. The standard InChI is InChI=1S/C24H33ClO3S/c1-4-5-6-13-29(28)24(25)12-10-19-18-8-7-16-14-17(26)9-11-22(16,2)21(18)20(27)15-23(19,24)3/h9,11,14,18-19,21H,4-8,10,12-13,15H2,1-3H3/t18?,19?,21?,22-,23-,24-,29?/m0/s1. The van der Waals surface area contributed by atoms with Gasteiger partial charge in [0.1, 0.15) is 9.99 Å². The highest BCUT2D eigenvalue weighted by Gasteiger charge is 2.67. The lowest BCUT2D eigenvalue weighted by molar-refractivity contribution is -0.141. The minimum Gasteiger partial charge on any atom is -0.299 e. The predicted molar refractivity (Wildman–Crippen MR) is 118 cm³/mol. The van der Waals surface area contributed by atoms with E-state index in [-0.39, 0.29) is 28.8 Å². The minimum absolute atomic E-state index is 0.0344. The summed E-state index contributed by atoms with van der Waals surface area (Å²) in [5.74, 6) is 1.41. The maximum absolute atomic E-state index is 13.6. The fourth-order valence-corrected chi connectivity index (χ4v) is 9.41. The van der Waals surface area contributed by atoms with Crippen LogP contribution in [0, 0.1) is 28.6 Å². The average Bonchev–Trinajstić information content (AvgIpc) is 2.94. The molecule has 0 amide bonds. The van der Waals surface area contributed by atoms with Gasteiger partial charge in [-0.2, -0.15) is 0 Å². The number of carbonyl (C=O) groups excluding carboxylic acids is 2. The Morgan fingerprint density at radius 3 is 2.69 bits per heavy atom. The normalized spacial score (nSPS) is 44.7. The first-order chi connectivity index (χ1) is 13.7. The van der Waals surface area contributed by atoms with Crippen molar-refractivity contribution in [2.75, 3.05) is 5.75 Å². The molecule has 0 heterocycles. The number of carbonyl (C=O) groups is 2. The number of fused-ring (bicyclic) bond motifs is 5. The molecule has 3 nitrogen and oxygen atoms in total. The number of ketones is 2. The lowest BCUT2D eigenvalue weighted by atomic mass is 9.48. The summed E-state index contributed by atoms with van der Waals surface area (Å²) in [5.41, 5.74) is 0.351. The van der Waals surface area contributed by atoms with Crippen molar-refractivity contribution in [1.29, 1.82) is 0 Å². The smallest absolute Gasteiger partial charge is 0.178 e. The molecule has 0 radical (unpaired) electrons. The number of halogens is 1. The highest BCUT2D eigenvalue weighted by Crippen LogP contribution is 2.68. The van der Waals surface area contributed by atoms with E-state index < -0.39 is 20.4 Å². The monoisotopic (exact) mass is 436 g/mol. The molecule has 0 aromatic rings. The Labute approximate surface area is 182 Å². The largest absolute Gasteiger partial charge is 0.299 e. The van der Waals surface area contributed by atoms with Crippen LogP contribution in [0.4, 0.5) is 0 Å². The molecule has 160 valence electrons. The predicted octanol–water partition coefficient (Wildman–Crippen LogP) is 5.35. The topological polar surface area (TPSA) is 51.2 Å². The van der Waals surface area contributed by atoms with Crippen molar-refractivity contribution in [3.05, 3.63) is 23.8 Å². The fourth-order valence-electron chi connectivity index (χ4n) is 6.99. The van der Waals surface area contributed by atoms with E-state index in [2.05, 4.69) is 20.8 Å². The van der Waals surface area contributed by atoms with Crippen molar-refractivity contribution in [1.82, 2.24) is 0 Å². The molecule has 0 saturated heterocycles. The molecule has 7 atom stereocenters. The van der Waals surface area contributed by atoms with Gasteiger partial charge in [0.2, 0.25) is 0 Å². The summed E-state index contributed by atoms with van der Waals surface area (Å²) in [6, 6.07) is 0. The minimum atomic E-state index is -1.13. The van der Waals surface area contributed by atoms with Crippen LogP contribution in [0.2, 0.25) is 0 Å². The zero-order chi connectivity index (χ0) is 21.0. The molecule has 0 aromatic heterocycles. The van der Waals surface area contributed by atoms with Gasteiger partial charge in [-0.3, -0.25) is 13.8 Å². The lowest BCUT2D eigenvalue weighted by Gasteiger charge is -2.56. The van der Waals surface area contributed by atoms with E-state index >= 15 is 0 Å². The highest BCUT2D eigenvalue weighted by molar-refractivity contribution is 7.87. The van der Waals surface area contributed by atoms with Crippen molar-refractivity contribution in [3.8, 4) is 0 Å². The molecule has 0 N–H and O–H groups in total. The molecule has 3 saturated carbocycles. The summed E-state index contributed by atoms with van der Waals surface area (Å²) in [5, 5.41) is 0. The van der Waals surface area contributed by atoms with Crippen LogP contribution in [-0.4, -0.2) is 25.7 Å². The second-order valence-corrected chi connectivity index (χ2v) is 12.7. The third-order valence-electron chi connectivity index (χ3n) is 8.57. The molecule has 4 unspecified atom stereocenters. The summed E-state index contributed by atoms with van der Waals surface area (Å²) in [6.45, 7) is 6.41. The van der Waals surface area contributed by atoms with E-state index in [0.717, 1.165) is 50.5 Å². The molecule has 5 heteroatoms. The Morgan fingerprint density at radius 2 is 1.97 bits per heavy atom. The third kappa shape index (κ3) is 3.07. The Bertz CT molecular complexity index is 817. The summed E-state index contributed by atoms with van der Waals surface area (Å²) in [6.07, 6.45) is 12.3. The number of hydrogen-bond donors (Lipinski definition) is 0. The van der Waals surface area contributed by atoms with Crippen molar-refractivity contribution in [3.63, 3.8) is 0 Å². The van der Waals surface area contributed by atoms with Gasteiger partial charge in [0.05, 0.1) is 0 Å². The summed E-state index contributed by atoms with van der Waals surface area (Å²) >= 11 is 7.18. The van der Waals surface area contributed by atoms with E-state index in [1.165, 1.54) is 0 Å². The van der Waals surface area contributed by atoms with Crippen LogP contribution in [0.1, 0.15) is 72.1 Å². The zero-order valence-electron chi connectivity index (χ0n) is 17.8. The van der Waals surface area contributed by atoms with Crippen LogP contribution >= 0.6 is 11.6 Å². The van der Waals surface area contributed by atoms with E-state index in [9.17, 15) is 13.8 Å². The summed E-state index contributed by atoms with van der Waals surface area (Å²) < 4.78 is 12.5. The number of unbranched alkanes of at least 4 members (excludes halogenated alkanes) is 2. The van der Waals surface area contributed by atoms with Gasteiger partial charge in [0.15, 0.2) is 5.78 Å². The third-order valence-corrected chi connectivity index (χ3v) is 11.8. The molecule has 0 aromatic carbocycles. The van der Waals surface area contributed by atoms with Gasteiger partial charge in [-0.1, -0.05) is 45.3 Å². The van der Waals surface area contributed by atoms with Crippen LogP contribution in [0.3, 0.4) is 0 Å². The summed E-state index contributed by atoms with van der Waals surface area (Å²) in [4.78, 5) is 25.5. The number of alkyl halides is 1. The Balaban J connectivity index is 1.65. The number of hydrogen-bond acceptors (Lipinski definition) is 3. The molecule has 0 bridgehead atoms. The highest BCUT2D eigenvalue weighted by atomic mass is 35.5. The second-order valence-electron chi connectivity index (χ2n) is 10.1. The second kappa shape index (κ2) is 7.44. The molecule has 4 rings (SSSR count). The molecular formula is C24H33ClO3S. The Kier molecular flexibility index (Phi) is 5.51. The number of rotatable bonds is 5. The van der Waals surface area contributed by atoms with E-state index in [4.69, 9.17) is 11.6 Å². The van der Waals surface area contributed by atoms with Gasteiger partial charge < -0.3 is 0 Å². The molecule has 4 aliphatic carbocycles.